The summed E-state index contributed by atoms with van der Waals surface area (Å²) in [5.41, 5.74) is 0. The molecule has 0 radical (unpaired) electrons. The number of aliphatic hydroxyl groups is 2. The van der Waals surface area contributed by atoms with Gasteiger partial charge in [0.05, 0.1) is 25.4 Å². The standard InChI is InChI=1S/C71H139NO5/c1-3-5-7-9-11-13-15-17-18-19-20-28-31-34-37-40-43-47-51-55-59-63-69(74)68(67-73)72-70(75)64-60-56-52-48-44-41-38-35-32-29-26-24-22-21-23-25-27-30-33-36-39-42-46-50-54-58-62-66-77-71(76)65-61-57-53-49-45-16-14-12-10-8-6-4-2/h12,14,68-69,73-74H,3-11,13,15-67H2,1-2H3,(H,72,75)/b14-12-. The molecule has 0 aliphatic rings. The number of ether oxygens (including phenoxy) is 1. The predicted octanol–water partition coefficient (Wildman–Crippen LogP) is 22.8. The summed E-state index contributed by atoms with van der Waals surface area (Å²) in [6.07, 6.45) is 82.6. The number of unbranched alkanes of at least 4 members (excludes halogenated alkanes) is 54. The Kier molecular flexibility index (Phi) is 65.9. The molecule has 6 nitrogen and oxygen atoms in total. The molecule has 0 aromatic heterocycles. The lowest BCUT2D eigenvalue weighted by Gasteiger charge is -2.22. The minimum Gasteiger partial charge on any atom is -0.466 e. The number of allylic oxidation sites excluding steroid dienone is 2. The third-order valence-electron chi connectivity index (χ3n) is 16.8. The Morgan fingerprint density at radius 2 is 0.610 bits per heavy atom. The molecule has 0 aromatic rings. The van der Waals surface area contributed by atoms with Crippen molar-refractivity contribution in [3.63, 3.8) is 0 Å². The van der Waals surface area contributed by atoms with Crippen LogP contribution in [0.15, 0.2) is 12.2 Å². The van der Waals surface area contributed by atoms with Crippen molar-refractivity contribution in [2.75, 3.05) is 13.2 Å². The van der Waals surface area contributed by atoms with Crippen LogP contribution in [0.3, 0.4) is 0 Å². The van der Waals surface area contributed by atoms with Crippen LogP contribution < -0.4 is 5.32 Å². The van der Waals surface area contributed by atoms with Crippen LogP contribution in [0.25, 0.3) is 0 Å². The lowest BCUT2D eigenvalue weighted by Crippen LogP contribution is -2.45. The van der Waals surface area contributed by atoms with Gasteiger partial charge in [0, 0.05) is 12.8 Å². The highest BCUT2D eigenvalue weighted by molar-refractivity contribution is 5.76. The first-order chi connectivity index (χ1) is 38.0. The topological polar surface area (TPSA) is 95.9 Å². The fraction of sp³-hybridized carbons (Fsp3) is 0.944. The molecule has 2 unspecified atom stereocenters. The Bertz CT molecular complexity index is 1160. The third-order valence-corrected chi connectivity index (χ3v) is 16.8. The summed E-state index contributed by atoms with van der Waals surface area (Å²) in [5.74, 6) is -0.0184. The number of nitrogens with one attached hydrogen (secondary N) is 1. The lowest BCUT2D eigenvalue weighted by molar-refractivity contribution is -0.143. The molecule has 0 saturated carbocycles. The van der Waals surface area contributed by atoms with E-state index in [0.717, 1.165) is 44.9 Å². The maximum atomic E-state index is 12.5. The van der Waals surface area contributed by atoms with Gasteiger partial charge in [-0.05, 0) is 51.4 Å². The number of carbonyl (C=O) groups is 2. The molecule has 0 aliphatic heterocycles. The first-order valence-corrected chi connectivity index (χ1v) is 35.4. The van der Waals surface area contributed by atoms with E-state index in [1.165, 1.54) is 327 Å². The predicted molar refractivity (Wildman–Crippen MR) is 338 cm³/mol. The molecule has 0 aliphatic carbocycles. The van der Waals surface area contributed by atoms with E-state index in [4.69, 9.17) is 4.74 Å². The molecule has 6 heteroatoms. The van der Waals surface area contributed by atoms with E-state index < -0.39 is 12.1 Å². The monoisotopic (exact) mass is 1090 g/mol. The van der Waals surface area contributed by atoms with Crippen LogP contribution in [0, 0.1) is 0 Å². The summed E-state index contributed by atoms with van der Waals surface area (Å²) >= 11 is 0. The van der Waals surface area contributed by atoms with Crippen LogP contribution in [0.2, 0.25) is 0 Å². The number of hydrogen-bond donors (Lipinski definition) is 3. The SMILES string of the molecule is CCCCC/C=C\CCCCCCCC(=O)OCCCCCCCCCCCCCCCCCCCCCCCCCCCCCC(=O)NC(CO)C(O)CCCCCCCCCCCCCCCCCCCCCCC. The molecule has 3 N–H and O–H groups in total. The van der Waals surface area contributed by atoms with Gasteiger partial charge in [0.1, 0.15) is 0 Å². The van der Waals surface area contributed by atoms with E-state index in [9.17, 15) is 19.8 Å². The zero-order valence-corrected chi connectivity index (χ0v) is 52.5. The molecule has 0 fully saturated rings. The molecule has 2 atom stereocenters. The summed E-state index contributed by atoms with van der Waals surface area (Å²) in [4.78, 5) is 24.6. The second-order valence-electron chi connectivity index (χ2n) is 24.6. The van der Waals surface area contributed by atoms with Crippen LogP contribution in [-0.4, -0.2) is 47.4 Å². The quantitative estimate of drug-likeness (QED) is 0.0320. The zero-order valence-electron chi connectivity index (χ0n) is 52.5. The maximum absolute atomic E-state index is 12.5. The van der Waals surface area contributed by atoms with Crippen LogP contribution in [0.4, 0.5) is 0 Å². The smallest absolute Gasteiger partial charge is 0.305 e. The van der Waals surface area contributed by atoms with Gasteiger partial charge in [-0.15, -0.1) is 0 Å². The molecule has 0 saturated heterocycles. The molecule has 0 rings (SSSR count). The van der Waals surface area contributed by atoms with Crippen LogP contribution >= 0.6 is 0 Å². The van der Waals surface area contributed by atoms with E-state index in [0.29, 0.717) is 25.9 Å². The molecule has 458 valence electrons. The highest BCUT2D eigenvalue weighted by Gasteiger charge is 2.20. The maximum Gasteiger partial charge on any atom is 0.305 e. The van der Waals surface area contributed by atoms with Crippen molar-refractivity contribution >= 4 is 11.9 Å². The Hall–Kier alpha value is -1.40. The molecule has 0 bridgehead atoms. The number of amides is 1. The molecule has 0 spiro atoms. The van der Waals surface area contributed by atoms with Gasteiger partial charge >= 0.3 is 5.97 Å². The Labute approximate surface area is 482 Å². The average Bonchev–Trinajstić information content (AvgIpc) is 3.43. The van der Waals surface area contributed by atoms with Crippen molar-refractivity contribution in [1.29, 1.82) is 0 Å². The van der Waals surface area contributed by atoms with Crippen molar-refractivity contribution < 1.29 is 24.5 Å². The van der Waals surface area contributed by atoms with E-state index in [1.54, 1.807) is 0 Å². The van der Waals surface area contributed by atoms with Crippen molar-refractivity contribution in [3.05, 3.63) is 12.2 Å². The first kappa shape index (κ1) is 75.6. The normalized spacial score (nSPS) is 12.5. The van der Waals surface area contributed by atoms with Gasteiger partial charge in [-0.2, -0.15) is 0 Å². The van der Waals surface area contributed by atoms with Crippen LogP contribution in [0.1, 0.15) is 406 Å². The average molecular weight is 1090 g/mol. The van der Waals surface area contributed by atoms with E-state index >= 15 is 0 Å². The minimum atomic E-state index is -0.663. The molecule has 77 heavy (non-hydrogen) atoms. The second-order valence-corrected chi connectivity index (χ2v) is 24.6. The van der Waals surface area contributed by atoms with Gasteiger partial charge in [0.15, 0.2) is 0 Å². The minimum absolute atomic E-state index is 0.00892. The van der Waals surface area contributed by atoms with Crippen molar-refractivity contribution in [1.82, 2.24) is 5.32 Å². The number of aliphatic hydroxyl groups excluding tert-OH is 2. The van der Waals surface area contributed by atoms with Gasteiger partial charge in [0.2, 0.25) is 5.91 Å². The summed E-state index contributed by atoms with van der Waals surface area (Å²) < 4.78 is 5.48. The van der Waals surface area contributed by atoms with Crippen LogP contribution in [-0.2, 0) is 14.3 Å². The Balaban J connectivity index is 3.35. The first-order valence-electron chi connectivity index (χ1n) is 35.4. The fourth-order valence-electron chi connectivity index (χ4n) is 11.4. The van der Waals surface area contributed by atoms with Crippen LogP contribution in [0.5, 0.6) is 0 Å². The largest absolute Gasteiger partial charge is 0.466 e. The number of hydrogen-bond acceptors (Lipinski definition) is 5. The van der Waals surface area contributed by atoms with Gasteiger partial charge in [-0.25, -0.2) is 0 Å². The van der Waals surface area contributed by atoms with Gasteiger partial charge in [0.25, 0.3) is 0 Å². The molecule has 0 heterocycles. The highest BCUT2D eigenvalue weighted by atomic mass is 16.5. The highest BCUT2D eigenvalue weighted by Crippen LogP contribution is 2.19. The van der Waals surface area contributed by atoms with Gasteiger partial charge in [-0.1, -0.05) is 353 Å². The van der Waals surface area contributed by atoms with E-state index in [-0.39, 0.29) is 18.5 Å². The number of rotatable bonds is 67. The number of esters is 1. The zero-order chi connectivity index (χ0) is 55.7. The molecular weight excluding hydrogens is 947 g/mol. The third kappa shape index (κ3) is 63.6. The molecule has 1 amide bonds. The summed E-state index contributed by atoms with van der Waals surface area (Å²) in [6.45, 7) is 4.97. The van der Waals surface area contributed by atoms with E-state index in [2.05, 4.69) is 31.3 Å². The van der Waals surface area contributed by atoms with Crippen molar-refractivity contribution in [3.8, 4) is 0 Å². The van der Waals surface area contributed by atoms with Gasteiger partial charge in [-0.3, -0.25) is 9.59 Å². The molecular formula is C71H139NO5. The molecule has 0 aromatic carbocycles. The second kappa shape index (κ2) is 67.1. The van der Waals surface area contributed by atoms with Gasteiger partial charge < -0.3 is 20.3 Å². The van der Waals surface area contributed by atoms with E-state index in [1.807, 2.05) is 0 Å². The van der Waals surface area contributed by atoms with Crippen molar-refractivity contribution in [2.45, 2.75) is 418 Å². The summed E-state index contributed by atoms with van der Waals surface area (Å²) in [6, 6.07) is -0.540. The summed E-state index contributed by atoms with van der Waals surface area (Å²) in [5, 5.41) is 23.4. The Morgan fingerprint density at radius 1 is 0.351 bits per heavy atom. The fourth-order valence-corrected chi connectivity index (χ4v) is 11.4. The van der Waals surface area contributed by atoms with Crippen molar-refractivity contribution in [2.24, 2.45) is 0 Å². The Morgan fingerprint density at radius 3 is 0.948 bits per heavy atom. The number of carbonyl (C=O) groups excluding carboxylic acids is 2. The summed E-state index contributed by atoms with van der Waals surface area (Å²) in [7, 11) is 0. The lowest BCUT2D eigenvalue weighted by atomic mass is 10.0.